The average molecular weight is 317 g/mol. The summed E-state index contributed by atoms with van der Waals surface area (Å²) in [6, 6.07) is 1.31. The van der Waals surface area contributed by atoms with E-state index in [0.29, 0.717) is 19.6 Å². The monoisotopic (exact) mass is 317 g/mol. The highest BCUT2D eigenvalue weighted by Crippen LogP contribution is 2.27. The van der Waals surface area contributed by atoms with Crippen molar-refractivity contribution in [3.8, 4) is 0 Å². The topological polar surface area (TPSA) is 92.5 Å². The van der Waals surface area contributed by atoms with Crippen LogP contribution in [0.3, 0.4) is 0 Å². The molecule has 1 aliphatic heterocycles. The lowest BCUT2D eigenvalue weighted by atomic mass is 10.3. The van der Waals surface area contributed by atoms with Crippen LogP contribution in [0.4, 0.5) is 0 Å². The Morgan fingerprint density at radius 1 is 1.50 bits per heavy atom. The van der Waals surface area contributed by atoms with Crippen LogP contribution in [0.25, 0.3) is 0 Å². The van der Waals surface area contributed by atoms with Gasteiger partial charge in [0.2, 0.25) is 10.0 Å². The third-order valence-corrected chi connectivity index (χ3v) is 6.23. The van der Waals surface area contributed by atoms with Gasteiger partial charge in [0.05, 0.1) is 0 Å². The maximum Gasteiger partial charge on any atom is 0.263 e. The minimum absolute atomic E-state index is 0.103. The molecular formula is C12H19N3O3S2. The number of nitrogens with two attached hydrogens (primary N) is 1. The first-order valence-corrected chi connectivity index (χ1v) is 8.87. The molecule has 0 radical (unpaired) electrons. The van der Waals surface area contributed by atoms with Crippen molar-refractivity contribution in [1.82, 2.24) is 9.62 Å². The van der Waals surface area contributed by atoms with E-state index in [0.717, 1.165) is 24.2 Å². The van der Waals surface area contributed by atoms with Gasteiger partial charge in [0.25, 0.3) is 5.91 Å². The van der Waals surface area contributed by atoms with Gasteiger partial charge in [-0.05, 0) is 31.2 Å². The van der Waals surface area contributed by atoms with Gasteiger partial charge in [-0.15, -0.1) is 11.3 Å². The molecule has 1 saturated heterocycles. The molecule has 0 aliphatic carbocycles. The van der Waals surface area contributed by atoms with Gasteiger partial charge in [-0.2, -0.15) is 4.31 Å². The molecule has 1 amide bonds. The maximum absolute atomic E-state index is 12.5. The smallest absolute Gasteiger partial charge is 0.263 e. The van der Waals surface area contributed by atoms with Gasteiger partial charge in [-0.25, -0.2) is 8.42 Å². The van der Waals surface area contributed by atoms with Crippen LogP contribution in [-0.4, -0.2) is 44.3 Å². The molecule has 112 valence electrons. The van der Waals surface area contributed by atoms with Crippen LogP contribution >= 0.6 is 11.3 Å². The minimum atomic E-state index is -3.56. The summed E-state index contributed by atoms with van der Waals surface area (Å²) in [6.07, 6.45) is 1.74. The van der Waals surface area contributed by atoms with Crippen LogP contribution in [0.15, 0.2) is 16.3 Å². The molecule has 2 rings (SSSR count). The van der Waals surface area contributed by atoms with Gasteiger partial charge in [-0.1, -0.05) is 0 Å². The quantitative estimate of drug-likeness (QED) is 0.832. The summed E-state index contributed by atoms with van der Waals surface area (Å²) in [6.45, 7) is 3.14. The fourth-order valence-electron chi connectivity index (χ4n) is 2.08. The number of amides is 1. The fraction of sp³-hybridized carbons (Fsp3) is 0.583. The van der Waals surface area contributed by atoms with Crippen molar-refractivity contribution in [1.29, 1.82) is 0 Å². The number of hydrogen-bond donors (Lipinski definition) is 2. The first-order chi connectivity index (χ1) is 9.46. The molecule has 0 unspecified atom stereocenters. The zero-order valence-electron chi connectivity index (χ0n) is 11.3. The number of rotatable bonds is 5. The van der Waals surface area contributed by atoms with Gasteiger partial charge in [0, 0.05) is 25.7 Å². The second-order valence-electron chi connectivity index (χ2n) is 4.84. The first-order valence-electron chi connectivity index (χ1n) is 6.55. The molecule has 0 saturated carbocycles. The Morgan fingerprint density at radius 2 is 2.15 bits per heavy atom. The highest BCUT2D eigenvalue weighted by molar-refractivity contribution is 7.89. The van der Waals surface area contributed by atoms with Crippen molar-refractivity contribution in [2.75, 3.05) is 19.6 Å². The molecule has 0 bridgehead atoms. The number of hydrogen-bond acceptors (Lipinski definition) is 5. The van der Waals surface area contributed by atoms with E-state index in [1.54, 1.807) is 12.3 Å². The van der Waals surface area contributed by atoms with Gasteiger partial charge in [-0.3, -0.25) is 4.79 Å². The van der Waals surface area contributed by atoms with Crippen molar-refractivity contribution in [2.45, 2.75) is 30.7 Å². The van der Waals surface area contributed by atoms with Crippen LogP contribution in [0.2, 0.25) is 0 Å². The summed E-state index contributed by atoms with van der Waals surface area (Å²) in [5.74, 6) is -0.379. The van der Waals surface area contributed by atoms with Gasteiger partial charge < -0.3 is 11.1 Å². The van der Waals surface area contributed by atoms with E-state index in [9.17, 15) is 13.2 Å². The lowest BCUT2D eigenvalue weighted by Crippen LogP contribution is -2.38. The van der Waals surface area contributed by atoms with Crippen molar-refractivity contribution >= 4 is 27.3 Å². The van der Waals surface area contributed by atoms with E-state index in [4.69, 9.17) is 5.73 Å². The third-order valence-electron chi connectivity index (χ3n) is 3.25. The Hall–Kier alpha value is -0.960. The van der Waals surface area contributed by atoms with Crippen LogP contribution in [0, 0.1) is 0 Å². The molecule has 2 heterocycles. The predicted octanol–water partition coefficient (Wildman–Crippen LogP) is 0.610. The van der Waals surface area contributed by atoms with Crippen LogP contribution in [0.1, 0.15) is 29.4 Å². The molecule has 0 spiro atoms. The van der Waals surface area contributed by atoms with Crippen molar-refractivity contribution < 1.29 is 13.2 Å². The number of sulfonamides is 1. The number of thiophene rings is 1. The SMILES string of the molecule is C[C@@H](CN)NC(=O)c1sccc1S(=O)(=O)N1CCCC1. The Balaban J connectivity index is 2.26. The first kappa shape index (κ1) is 15.4. The second kappa shape index (κ2) is 6.21. The molecule has 3 N–H and O–H groups in total. The molecule has 1 fully saturated rings. The van der Waals surface area contributed by atoms with Crippen LogP contribution in [0.5, 0.6) is 0 Å². The molecule has 20 heavy (non-hydrogen) atoms. The fourth-order valence-corrected chi connectivity index (χ4v) is 4.90. The molecule has 8 heteroatoms. The summed E-state index contributed by atoms with van der Waals surface area (Å²) >= 11 is 1.14. The lowest BCUT2D eigenvalue weighted by Gasteiger charge is -2.16. The van der Waals surface area contributed by atoms with Crippen LogP contribution in [-0.2, 0) is 10.0 Å². The molecule has 1 atom stereocenters. The Kier molecular flexibility index (Phi) is 4.79. The number of nitrogens with one attached hydrogen (secondary N) is 1. The maximum atomic E-state index is 12.5. The van der Waals surface area contributed by atoms with E-state index in [2.05, 4.69) is 5.32 Å². The molecule has 0 aromatic carbocycles. The Morgan fingerprint density at radius 3 is 2.75 bits per heavy atom. The summed E-state index contributed by atoms with van der Waals surface area (Å²) < 4.78 is 26.5. The van der Waals surface area contributed by atoms with Crippen molar-refractivity contribution in [3.05, 3.63) is 16.3 Å². The van der Waals surface area contributed by atoms with E-state index >= 15 is 0 Å². The standard InChI is InChI=1S/C12H19N3O3S2/c1-9(8-13)14-12(16)11-10(4-7-19-11)20(17,18)15-5-2-3-6-15/h4,7,9H,2-3,5-6,8,13H2,1H3,(H,14,16)/t9-/m0/s1. The average Bonchev–Trinajstić information content (AvgIpc) is 3.09. The van der Waals surface area contributed by atoms with E-state index in [-0.39, 0.29) is 21.7 Å². The molecular weight excluding hydrogens is 298 g/mol. The van der Waals surface area contributed by atoms with E-state index in [1.165, 1.54) is 10.4 Å². The predicted molar refractivity (Wildman–Crippen MR) is 78.3 cm³/mol. The zero-order valence-corrected chi connectivity index (χ0v) is 13.0. The number of carbonyl (C=O) groups is 1. The van der Waals surface area contributed by atoms with Gasteiger partial charge in [0.15, 0.2) is 0 Å². The molecule has 6 nitrogen and oxygen atoms in total. The second-order valence-corrected chi connectivity index (χ2v) is 7.66. The number of nitrogens with zero attached hydrogens (tertiary/aromatic N) is 1. The summed E-state index contributed by atoms with van der Waals surface area (Å²) in [5, 5.41) is 4.33. The van der Waals surface area contributed by atoms with Crippen LogP contribution < -0.4 is 11.1 Å². The van der Waals surface area contributed by atoms with Gasteiger partial charge >= 0.3 is 0 Å². The largest absolute Gasteiger partial charge is 0.348 e. The summed E-state index contributed by atoms with van der Waals surface area (Å²) in [5.41, 5.74) is 5.46. The summed E-state index contributed by atoms with van der Waals surface area (Å²) in [4.78, 5) is 12.5. The molecule has 1 aromatic heterocycles. The lowest BCUT2D eigenvalue weighted by molar-refractivity contribution is 0.0942. The highest BCUT2D eigenvalue weighted by Gasteiger charge is 2.31. The molecule has 1 aromatic rings. The van der Waals surface area contributed by atoms with E-state index < -0.39 is 10.0 Å². The van der Waals surface area contributed by atoms with Crippen molar-refractivity contribution in [3.63, 3.8) is 0 Å². The Labute approximate surface area is 123 Å². The molecule has 1 aliphatic rings. The summed E-state index contributed by atoms with van der Waals surface area (Å²) in [7, 11) is -3.56. The van der Waals surface area contributed by atoms with E-state index in [1.807, 2.05) is 0 Å². The minimum Gasteiger partial charge on any atom is -0.348 e. The third kappa shape index (κ3) is 3.03. The van der Waals surface area contributed by atoms with Crippen molar-refractivity contribution in [2.24, 2.45) is 5.73 Å². The Bertz CT molecular complexity index is 577. The number of carbonyl (C=O) groups excluding carboxylic acids is 1. The van der Waals surface area contributed by atoms with Gasteiger partial charge in [0.1, 0.15) is 9.77 Å². The normalized spacial score (nSPS) is 18.1. The zero-order chi connectivity index (χ0) is 14.8. The highest BCUT2D eigenvalue weighted by atomic mass is 32.2.